The minimum Gasteiger partial charge on any atom is -0.452 e. The summed E-state index contributed by atoms with van der Waals surface area (Å²) >= 11 is 0. The average molecular weight is 400 g/mol. The lowest BCUT2D eigenvalue weighted by Gasteiger charge is -2.02. The number of terminal acetylenes is 2. The van der Waals surface area contributed by atoms with Crippen molar-refractivity contribution in [1.29, 1.82) is 0 Å². The van der Waals surface area contributed by atoms with Gasteiger partial charge in [0.05, 0.1) is 5.75 Å². The molecule has 27 heavy (non-hydrogen) atoms. The van der Waals surface area contributed by atoms with E-state index in [1.807, 2.05) is 0 Å². The lowest BCUT2D eigenvalue weighted by atomic mass is 10.2. The molecule has 0 saturated heterocycles. The van der Waals surface area contributed by atoms with Gasteiger partial charge in [0.1, 0.15) is 19.2 Å². The Hall–Kier alpha value is -2.16. The van der Waals surface area contributed by atoms with E-state index in [1.165, 1.54) is 0 Å². The summed E-state index contributed by atoms with van der Waals surface area (Å²) in [5.41, 5.74) is 0. The molecule has 0 heterocycles. The fourth-order valence-corrected chi connectivity index (χ4v) is 2.66. The quantitative estimate of drug-likeness (QED) is 0.136. The first kappa shape index (κ1) is 27.1. The van der Waals surface area contributed by atoms with Crippen molar-refractivity contribution in [3.8, 4) is 24.7 Å². The predicted molar refractivity (Wildman–Crippen MR) is 102 cm³/mol. The molecule has 0 amide bonds. The standard InChI is InChI=1S/C10H16O4S.C9H12O3/c1-2-9-14-15(12,13)10-7-5-3-4-6-8-11;1-2-8-12-9(11)6-4-3-5-7-10/h1,8H,3-7,9-10H2;1,7H,3-6,8H2. The van der Waals surface area contributed by atoms with Gasteiger partial charge in [0.2, 0.25) is 0 Å². The van der Waals surface area contributed by atoms with Crippen molar-refractivity contribution in [3.05, 3.63) is 0 Å². The molecule has 8 heteroatoms. The van der Waals surface area contributed by atoms with Crippen LogP contribution in [0.5, 0.6) is 0 Å². The third-order valence-corrected chi connectivity index (χ3v) is 4.32. The van der Waals surface area contributed by atoms with Gasteiger partial charge < -0.3 is 14.3 Å². The predicted octanol–water partition coefficient (Wildman–Crippen LogP) is 2.04. The number of rotatable bonds is 15. The highest BCUT2D eigenvalue weighted by Crippen LogP contribution is 2.05. The third-order valence-electron chi connectivity index (χ3n) is 3.06. The van der Waals surface area contributed by atoms with Gasteiger partial charge in [0.25, 0.3) is 10.1 Å². The molecule has 0 spiro atoms. The van der Waals surface area contributed by atoms with Gasteiger partial charge in [0.15, 0.2) is 6.61 Å². The lowest BCUT2D eigenvalue weighted by Crippen LogP contribution is -2.10. The van der Waals surface area contributed by atoms with Crippen LogP contribution >= 0.6 is 0 Å². The SMILES string of the molecule is C#CCOC(=O)CCCCC=O.C#CCOS(=O)(=O)CCCCCCC=O. The number of ether oxygens (including phenoxy) is 1. The van der Waals surface area contributed by atoms with Gasteiger partial charge in [-0.3, -0.25) is 8.98 Å². The second kappa shape index (κ2) is 20.2. The molecule has 0 bridgehead atoms. The number of unbranched alkanes of at least 4 members (excludes halogenated alkanes) is 6. The van der Waals surface area contributed by atoms with Gasteiger partial charge in [-0.25, -0.2) is 0 Å². The number of hydrogen-bond donors (Lipinski definition) is 0. The lowest BCUT2D eigenvalue weighted by molar-refractivity contribution is -0.142. The second-order valence-corrected chi connectivity index (χ2v) is 7.13. The van der Waals surface area contributed by atoms with Crippen LogP contribution in [0.15, 0.2) is 0 Å². The summed E-state index contributed by atoms with van der Waals surface area (Å²) in [6, 6.07) is 0. The number of hydrogen-bond acceptors (Lipinski definition) is 7. The fourth-order valence-electron chi connectivity index (χ4n) is 1.73. The van der Waals surface area contributed by atoms with Crippen LogP contribution in [0.25, 0.3) is 0 Å². The topological polar surface area (TPSA) is 104 Å². The molecule has 0 aromatic heterocycles. The fraction of sp³-hybridized carbons (Fsp3) is 0.632. The summed E-state index contributed by atoms with van der Waals surface area (Å²) in [5.74, 6) is 4.01. The van der Waals surface area contributed by atoms with E-state index in [1.54, 1.807) is 0 Å². The van der Waals surface area contributed by atoms with E-state index in [0.29, 0.717) is 32.1 Å². The monoisotopic (exact) mass is 400 g/mol. The van der Waals surface area contributed by atoms with Crippen molar-refractivity contribution in [3.63, 3.8) is 0 Å². The largest absolute Gasteiger partial charge is 0.452 e. The Morgan fingerprint density at radius 3 is 1.96 bits per heavy atom. The molecule has 7 nitrogen and oxygen atoms in total. The van der Waals surface area contributed by atoms with Crippen LogP contribution in [0.4, 0.5) is 0 Å². The molecule has 0 N–H and O–H groups in total. The molecule has 0 saturated carbocycles. The van der Waals surface area contributed by atoms with E-state index in [0.717, 1.165) is 38.3 Å². The number of aldehydes is 2. The average Bonchev–Trinajstić information content (AvgIpc) is 2.65. The van der Waals surface area contributed by atoms with Gasteiger partial charge in [-0.15, -0.1) is 12.8 Å². The van der Waals surface area contributed by atoms with E-state index in [4.69, 9.17) is 12.8 Å². The molecule has 152 valence electrons. The van der Waals surface area contributed by atoms with Gasteiger partial charge in [-0.05, 0) is 25.7 Å². The van der Waals surface area contributed by atoms with Gasteiger partial charge in [-0.1, -0.05) is 24.7 Å². The molecule has 0 aromatic carbocycles. The Balaban J connectivity index is 0. The first-order valence-electron chi connectivity index (χ1n) is 8.70. The maximum atomic E-state index is 11.1. The highest BCUT2D eigenvalue weighted by atomic mass is 32.2. The van der Waals surface area contributed by atoms with Crippen LogP contribution in [-0.2, 0) is 33.4 Å². The Bertz CT molecular complexity index is 582. The van der Waals surface area contributed by atoms with E-state index >= 15 is 0 Å². The number of carbonyl (C=O) groups is 3. The smallest absolute Gasteiger partial charge is 0.306 e. The number of esters is 1. The van der Waals surface area contributed by atoms with E-state index in [2.05, 4.69) is 20.8 Å². The Morgan fingerprint density at radius 1 is 0.852 bits per heavy atom. The van der Waals surface area contributed by atoms with Crippen LogP contribution < -0.4 is 0 Å². The molecule has 0 aliphatic carbocycles. The van der Waals surface area contributed by atoms with Gasteiger partial charge in [0, 0.05) is 19.3 Å². The van der Waals surface area contributed by atoms with E-state index in [9.17, 15) is 22.8 Å². The Kier molecular flexibility index (Phi) is 20.2. The maximum Gasteiger partial charge on any atom is 0.306 e. The van der Waals surface area contributed by atoms with Crippen LogP contribution in [0.2, 0.25) is 0 Å². The van der Waals surface area contributed by atoms with E-state index < -0.39 is 10.1 Å². The van der Waals surface area contributed by atoms with Crippen molar-refractivity contribution in [1.82, 2.24) is 0 Å². The minimum absolute atomic E-state index is 0.00420. The highest BCUT2D eigenvalue weighted by molar-refractivity contribution is 7.86. The molecular weight excluding hydrogens is 372 g/mol. The number of carbonyl (C=O) groups excluding carboxylic acids is 3. The first-order chi connectivity index (χ1) is 12.9. The zero-order chi connectivity index (χ0) is 20.8. The van der Waals surface area contributed by atoms with E-state index in [-0.39, 0.29) is 24.9 Å². The van der Waals surface area contributed by atoms with Crippen LogP contribution in [-0.4, -0.2) is 45.9 Å². The normalized spacial score (nSPS) is 9.85. The van der Waals surface area contributed by atoms with Crippen molar-refractivity contribution in [2.24, 2.45) is 0 Å². The summed E-state index contributed by atoms with van der Waals surface area (Å²) in [5, 5.41) is 0. The molecule has 0 fully saturated rings. The summed E-state index contributed by atoms with van der Waals surface area (Å²) in [4.78, 5) is 30.6. The molecule has 0 unspecified atom stereocenters. The third kappa shape index (κ3) is 23.8. The summed E-state index contributed by atoms with van der Waals surface area (Å²) in [7, 11) is -3.45. The van der Waals surface area contributed by atoms with Crippen molar-refractivity contribution < 1.29 is 31.7 Å². The van der Waals surface area contributed by atoms with Crippen LogP contribution in [0.3, 0.4) is 0 Å². The molecule has 0 aromatic rings. The first-order valence-corrected chi connectivity index (χ1v) is 10.3. The molecule has 0 atom stereocenters. The molecule has 0 rings (SSSR count). The minimum atomic E-state index is -3.45. The Morgan fingerprint density at radius 2 is 1.41 bits per heavy atom. The Labute approximate surface area is 162 Å². The van der Waals surface area contributed by atoms with Crippen LogP contribution in [0, 0.1) is 24.7 Å². The maximum absolute atomic E-state index is 11.1. The molecule has 0 aliphatic rings. The highest BCUT2D eigenvalue weighted by Gasteiger charge is 2.09. The summed E-state index contributed by atoms with van der Waals surface area (Å²) in [6.07, 6.45) is 17.3. The zero-order valence-corrected chi connectivity index (χ0v) is 16.4. The summed E-state index contributed by atoms with van der Waals surface area (Å²) < 4.78 is 31.3. The molecular formula is C19H28O7S. The zero-order valence-electron chi connectivity index (χ0n) is 15.6. The summed E-state index contributed by atoms with van der Waals surface area (Å²) in [6.45, 7) is -0.167. The second-order valence-electron chi connectivity index (χ2n) is 5.37. The van der Waals surface area contributed by atoms with Crippen LogP contribution in [0.1, 0.15) is 57.8 Å². The molecule has 0 aliphatic heterocycles. The van der Waals surface area contributed by atoms with Crippen molar-refractivity contribution in [2.45, 2.75) is 57.8 Å². The van der Waals surface area contributed by atoms with Crippen molar-refractivity contribution in [2.75, 3.05) is 19.0 Å². The van der Waals surface area contributed by atoms with Gasteiger partial charge in [-0.2, -0.15) is 8.42 Å². The van der Waals surface area contributed by atoms with Gasteiger partial charge >= 0.3 is 5.97 Å². The molecule has 0 radical (unpaired) electrons. The van der Waals surface area contributed by atoms with Crippen molar-refractivity contribution >= 4 is 28.7 Å².